The number of nitrogens with zero attached hydrogens (tertiary/aromatic N) is 2. The molecule has 3 heterocycles. The van der Waals surface area contributed by atoms with E-state index in [1.165, 1.54) is 24.3 Å². The second kappa shape index (κ2) is 8.07. The molecule has 0 radical (unpaired) electrons. The topological polar surface area (TPSA) is 161 Å². The molecule has 0 aliphatic heterocycles. The van der Waals surface area contributed by atoms with Crippen molar-refractivity contribution in [3.8, 4) is 17.5 Å². The third-order valence-electron chi connectivity index (χ3n) is 2.96. The molecule has 3 rings (SSSR count). The Kier molecular flexibility index (Phi) is 5.63. The third-order valence-corrected chi connectivity index (χ3v) is 2.96. The van der Waals surface area contributed by atoms with Crippen LogP contribution < -0.4 is 16.9 Å². The Hall–Kier alpha value is -3.93. The standard InChI is InChI=1S/C8H8N4O.C8H6N2O2/c9-7-4-6(11-12-7)5-2-1-3-8(13)10-5;9-5-4-7(11)6-2-1-3-8(12)10-6/h1-4H,(H,10,13)(H3,9,11,12);1-3H,4H2,(H,10,12). The van der Waals surface area contributed by atoms with Gasteiger partial charge in [0.15, 0.2) is 5.78 Å². The van der Waals surface area contributed by atoms with Crippen molar-refractivity contribution in [2.45, 2.75) is 6.42 Å². The Balaban J connectivity index is 0.000000181. The SMILES string of the molecule is N#CCC(=O)c1cccc(=O)[nH]1.Nc1cc(-c2cccc(=O)[nH]2)[nH]n1. The maximum atomic E-state index is 11.0. The summed E-state index contributed by atoms with van der Waals surface area (Å²) in [4.78, 5) is 37.7. The maximum Gasteiger partial charge on any atom is 0.248 e. The van der Waals surface area contributed by atoms with E-state index in [4.69, 9.17) is 11.0 Å². The summed E-state index contributed by atoms with van der Waals surface area (Å²) < 4.78 is 0. The fourth-order valence-corrected chi connectivity index (χ4v) is 1.86. The minimum atomic E-state index is -0.366. The van der Waals surface area contributed by atoms with Crippen molar-refractivity contribution in [3.63, 3.8) is 0 Å². The van der Waals surface area contributed by atoms with E-state index in [1.54, 1.807) is 24.3 Å². The first-order chi connectivity index (χ1) is 12.0. The van der Waals surface area contributed by atoms with E-state index in [0.29, 0.717) is 17.2 Å². The van der Waals surface area contributed by atoms with Crippen molar-refractivity contribution >= 4 is 11.6 Å². The lowest BCUT2D eigenvalue weighted by atomic mass is 10.2. The highest BCUT2D eigenvalue weighted by Crippen LogP contribution is 2.13. The number of Topliss-reactive ketones (excluding diaryl/α,β-unsaturated/α-hetero) is 1. The first kappa shape index (κ1) is 17.4. The van der Waals surface area contributed by atoms with Crippen LogP contribution in [0.2, 0.25) is 0 Å². The molecule has 5 N–H and O–H groups in total. The number of nitrogen functional groups attached to an aromatic ring is 1. The van der Waals surface area contributed by atoms with Crippen LogP contribution in [0, 0.1) is 11.3 Å². The second-order valence-electron chi connectivity index (χ2n) is 4.82. The molecule has 9 heteroatoms. The molecule has 0 aliphatic carbocycles. The normalized spacial score (nSPS) is 9.56. The lowest BCUT2D eigenvalue weighted by molar-refractivity contribution is 0.0993. The number of aromatic amines is 3. The average molecular weight is 338 g/mol. The van der Waals surface area contributed by atoms with Crippen LogP contribution >= 0.6 is 0 Å². The molecule has 0 spiro atoms. The fourth-order valence-electron chi connectivity index (χ4n) is 1.86. The van der Waals surface area contributed by atoms with Crippen molar-refractivity contribution in [2.75, 3.05) is 5.73 Å². The molecule has 9 nitrogen and oxygen atoms in total. The van der Waals surface area contributed by atoms with Gasteiger partial charge in [0.2, 0.25) is 11.1 Å². The number of anilines is 1. The number of pyridine rings is 2. The zero-order chi connectivity index (χ0) is 18.2. The molecule has 0 atom stereocenters. The lowest BCUT2D eigenvalue weighted by Gasteiger charge is -1.93. The second-order valence-corrected chi connectivity index (χ2v) is 4.82. The predicted molar refractivity (Wildman–Crippen MR) is 90.7 cm³/mol. The number of carbonyl (C=O) groups is 1. The Labute approximate surface area is 141 Å². The van der Waals surface area contributed by atoms with Gasteiger partial charge in [-0.15, -0.1) is 0 Å². The van der Waals surface area contributed by atoms with E-state index < -0.39 is 0 Å². The zero-order valence-corrected chi connectivity index (χ0v) is 12.9. The third kappa shape index (κ3) is 5.04. The molecule has 25 heavy (non-hydrogen) atoms. The minimum Gasteiger partial charge on any atom is -0.382 e. The Morgan fingerprint density at radius 2 is 1.76 bits per heavy atom. The van der Waals surface area contributed by atoms with Crippen LogP contribution in [0.15, 0.2) is 52.1 Å². The number of nitriles is 1. The van der Waals surface area contributed by atoms with Gasteiger partial charge < -0.3 is 15.7 Å². The molecular formula is C16H14N6O3. The zero-order valence-electron chi connectivity index (χ0n) is 12.9. The first-order valence-electron chi connectivity index (χ1n) is 7.09. The van der Waals surface area contributed by atoms with Gasteiger partial charge in [0, 0.05) is 18.2 Å². The summed E-state index contributed by atoms with van der Waals surface area (Å²) in [6.07, 6.45) is -0.208. The number of hydrogen-bond acceptors (Lipinski definition) is 6. The number of nitrogens with two attached hydrogens (primary N) is 1. The summed E-state index contributed by atoms with van der Waals surface area (Å²) in [5, 5.41) is 14.7. The molecule has 0 fully saturated rings. The highest BCUT2D eigenvalue weighted by Gasteiger charge is 2.04. The van der Waals surface area contributed by atoms with Crippen molar-refractivity contribution in [1.82, 2.24) is 20.2 Å². The highest BCUT2D eigenvalue weighted by molar-refractivity contribution is 5.95. The van der Waals surface area contributed by atoms with E-state index in [0.717, 1.165) is 0 Å². The highest BCUT2D eigenvalue weighted by atomic mass is 16.1. The summed E-state index contributed by atoms with van der Waals surface area (Å²) in [6.45, 7) is 0. The van der Waals surface area contributed by atoms with Gasteiger partial charge in [0.05, 0.1) is 23.2 Å². The monoisotopic (exact) mass is 338 g/mol. The first-order valence-corrected chi connectivity index (χ1v) is 7.09. The molecule has 126 valence electrons. The van der Waals surface area contributed by atoms with E-state index in [-0.39, 0.29) is 29.0 Å². The molecule has 0 amide bonds. The Bertz CT molecular complexity index is 1020. The van der Waals surface area contributed by atoms with Crippen LogP contribution in [-0.2, 0) is 0 Å². The summed E-state index contributed by atoms with van der Waals surface area (Å²) >= 11 is 0. The number of rotatable bonds is 3. The van der Waals surface area contributed by atoms with E-state index in [2.05, 4.69) is 20.2 Å². The smallest absolute Gasteiger partial charge is 0.248 e. The van der Waals surface area contributed by atoms with Crippen LogP contribution in [0.5, 0.6) is 0 Å². The Morgan fingerprint density at radius 3 is 2.32 bits per heavy atom. The van der Waals surface area contributed by atoms with E-state index >= 15 is 0 Å². The van der Waals surface area contributed by atoms with Crippen LogP contribution in [0.1, 0.15) is 16.9 Å². The van der Waals surface area contributed by atoms with Crippen LogP contribution in [0.4, 0.5) is 5.82 Å². The van der Waals surface area contributed by atoms with Crippen LogP contribution in [0.25, 0.3) is 11.4 Å². The number of H-pyrrole nitrogens is 3. The summed E-state index contributed by atoms with van der Waals surface area (Å²) in [5.41, 5.74) is 6.50. The predicted octanol–water partition coefficient (Wildman–Crippen LogP) is 0.818. The molecule has 0 saturated heterocycles. The summed E-state index contributed by atoms with van der Waals surface area (Å²) in [7, 11) is 0. The lowest BCUT2D eigenvalue weighted by Crippen LogP contribution is -2.10. The van der Waals surface area contributed by atoms with Gasteiger partial charge in [-0.05, 0) is 12.1 Å². The molecule has 0 bridgehead atoms. The van der Waals surface area contributed by atoms with Gasteiger partial charge in [0.1, 0.15) is 12.2 Å². The van der Waals surface area contributed by atoms with Crippen LogP contribution in [-0.4, -0.2) is 25.9 Å². The van der Waals surface area contributed by atoms with Gasteiger partial charge >= 0.3 is 0 Å². The van der Waals surface area contributed by atoms with Crippen molar-refractivity contribution in [2.24, 2.45) is 0 Å². The number of nitrogens with one attached hydrogen (secondary N) is 3. The van der Waals surface area contributed by atoms with Gasteiger partial charge in [-0.3, -0.25) is 19.5 Å². The maximum absolute atomic E-state index is 11.0. The molecule has 0 unspecified atom stereocenters. The minimum absolute atomic E-state index is 0.148. The summed E-state index contributed by atoms with van der Waals surface area (Å²) in [5.74, 6) is 0.0369. The molecule has 0 aromatic carbocycles. The van der Waals surface area contributed by atoms with E-state index in [9.17, 15) is 14.4 Å². The van der Waals surface area contributed by atoms with Gasteiger partial charge in [0.25, 0.3) is 0 Å². The Morgan fingerprint density at radius 1 is 1.08 bits per heavy atom. The number of ketones is 1. The summed E-state index contributed by atoms with van der Waals surface area (Å²) in [6, 6.07) is 12.5. The fraction of sp³-hybridized carbons (Fsp3) is 0.0625. The number of hydrogen-bond donors (Lipinski definition) is 4. The van der Waals surface area contributed by atoms with Gasteiger partial charge in [-0.25, -0.2) is 0 Å². The molecule has 3 aromatic heterocycles. The average Bonchev–Trinajstić information content (AvgIpc) is 3.02. The van der Waals surface area contributed by atoms with E-state index in [1.807, 2.05) is 0 Å². The molecule has 0 saturated carbocycles. The number of carbonyl (C=O) groups excluding carboxylic acids is 1. The largest absolute Gasteiger partial charge is 0.382 e. The van der Waals surface area contributed by atoms with Crippen molar-refractivity contribution in [1.29, 1.82) is 5.26 Å². The van der Waals surface area contributed by atoms with Crippen molar-refractivity contribution < 1.29 is 4.79 Å². The van der Waals surface area contributed by atoms with Gasteiger partial charge in [-0.2, -0.15) is 10.4 Å². The molecule has 0 aliphatic rings. The molecule has 3 aromatic rings. The van der Waals surface area contributed by atoms with Crippen LogP contribution in [0.3, 0.4) is 0 Å². The quantitative estimate of drug-likeness (QED) is 0.517. The number of aromatic nitrogens is 4. The van der Waals surface area contributed by atoms with Crippen molar-refractivity contribution in [3.05, 3.63) is 68.9 Å². The molecular weight excluding hydrogens is 324 g/mol. The van der Waals surface area contributed by atoms with Gasteiger partial charge in [-0.1, -0.05) is 12.1 Å².